The van der Waals surface area contributed by atoms with Gasteiger partial charge in [-0.25, -0.2) is 0 Å². The highest BCUT2D eigenvalue weighted by Gasteiger charge is 2.24. The predicted octanol–water partition coefficient (Wildman–Crippen LogP) is 3.61. The summed E-state index contributed by atoms with van der Waals surface area (Å²) in [7, 11) is 0. The molecule has 106 valence electrons. The standard InChI is InChI=1S/C16H25ClN2/c1-4-5-15-11-19(13(3)9-18-15)10-14-7-6-12(2)8-16(14)17/h6-8,13,15,18H,4-5,9-11H2,1-3H3. The van der Waals surface area contributed by atoms with Gasteiger partial charge in [-0.05, 0) is 37.5 Å². The molecule has 0 bridgehead atoms. The van der Waals surface area contributed by atoms with Crippen LogP contribution in [0.3, 0.4) is 0 Å². The van der Waals surface area contributed by atoms with E-state index < -0.39 is 0 Å². The topological polar surface area (TPSA) is 15.3 Å². The lowest BCUT2D eigenvalue weighted by molar-refractivity contribution is 0.129. The summed E-state index contributed by atoms with van der Waals surface area (Å²) in [5.74, 6) is 0. The molecule has 3 heteroatoms. The van der Waals surface area contributed by atoms with Crippen LogP contribution in [0.15, 0.2) is 18.2 Å². The fourth-order valence-corrected chi connectivity index (χ4v) is 3.05. The summed E-state index contributed by atoms with van der Waals surface area (Å²) in [5, 5.41) is 4.54. The van der Waals surface area contributed by atoms with Crippen LogP contribution in [-0.2, 0) is 6.54 Å². The number of aryl methyl sites for hydroxylation is 1. The molecule has 2 nitrogen and oxygen atoms in total. The van der Waals surface area contributed by atoms with E-state index in [1.165, 1.54) is 24.0 Å². The van der Waals surface area contributed by atoms with Crippen molar-refractivity contribution in [2.45, 2.75) is 52.2 Å². The molecule has 0 aliphatic carbocycles. The van der Waals surface area contributed by atoms with Crippen LogP contribution in [0.2, 0.25) is 5.02 Å². The van der Waals surface area contributed by atoms with Gasteiger partial charge in [0, 0.05) is 36.7 Å². The third-order valence-electron chi connectivity index (χ3n) is 4.00. The Labute approximate surface area is 122 Å². The third-order valence-corrected chi connectivity index (χ3v) is 4.35. The van der Waals surface area contributed by atoms with Gasteiger partial charge in [0.15, 0.2) is 0 Å². The van der Waals surface area contributed by atoms with E-state index in [0.29, 0.717) is 12.1 Å². The number of nitrogens with zero attached hydrogens (tertiary/aromatic N) is 1. The molecule has 1 fully saturated rings. The lowest BCUT2D eigenvalue weighted by atomic mass is 10.0. The summed E-state index contributed by atoms with van der Waals surface area (Å²) in [4.78, 5) is 2.55. The van der Waals surface area contributed by atoms with Gasteiger partial charge in [-0.1, -0.05) is 37.1 Å². The van der Waals surface area contributed by atoms with E-state index in [0.717, 1.165) is 24.7 Å². The molecule has 0 aromatic heterocycles. The second kappa shape index (κ2) is 6.74. The Bertz CT molecular complexity index is 419. The van der Waals surface area contributed by atoms with Gasteiger partial charge in [0.05, 0.1) is 0 Å². The average molecular weight is 281 g/mol. The van der Waals surface area contributed by atoms with E-state index in [2.05, 4.69) is 49.2 Å². The van der Waals surface area contributed by atoms with E-state index in [9.17, 15) is 0 Å². The molecule has 1 aromatic carbocycles. The number of hydrogen-bond acceptors (Lipinski definition) is 2. The van der Waals surface area contributed by atoms with Gasteiger partial charge in [-0.3, -0.25) is 4.90 Å². The van der Waals surface area contributed by atoms with E-state index in [1.54, 1.807) is 0 Å². The van der Waals surface area contributed by atoms with E-state index >= 15 is 0 Å². The van der Waals surface area contributed by atoms with Gasteiger partial charge in [0.1, 0.15) is 0 Å². The van der Waals surface area contributed by atoms with E-state index in [4.69, 9.17) is 11.6 Å². The van der Waals surface area contributed by atoms with Gasteiger partial charge in [0.25, 0.3) is 0 Å². The number of piperazine rings is 1. The third kappa shape index (κ3) is 3.95. The first kappa shape index (κ1) is 14.8. The normalized spacial score (nSPS) is 24.6. The lowest BCUT2D eigenvalue weighted by Gasteiger charge is -2.39. The first-order chi connectivity index (χ1) is 9.10. The molecule has 1 heterocycles. The highest BCUT2D eigenvalue weighted by atomic mass is 35.5. The van der Waals surface area contributed by atoms with Crippen molar-refractivity contribution in [1.82, 2.24) is 10.2 Å². The number of rotatable bonds is 4. The first-order valence-corrected chi connectivity index (χ1v) is 7.70. The fraction of sp³-hybridized carbons (Fsp3) is 0.625. The molecule has 1 saturated heterocycles. The summed E-state index contributed by atoms with van der Waals surface area (Å²) in [5.41, 5.74) is 2.47. The van der Waals surface area contributed by atoms with Crippen LogP contribution in [0.25, 0.3) is 0 Å². The molecular formula is C16H25ClN2. The van der Waals surface area contributed by atoms with Gasteiger partial charge in [0.2, 0.25) is 0 Å². The van der Waals surface area contributed by atoms with Crippen molar-refractivity contribution in [2.24, 2.45) is 0 Å². The summed E-state index contributed by atoms with van der Waals surface area (Å²) >= 11 is 6.35. The van der Waals surface area contributed by atoms with E-state index in [-0.39, 0.29) is 0 Å². The number of hydrogen-bond donors (Lipinski definition) is 1. The molecule has 19 heavy (non-hydrogen) atoms. The van der Waals surface area contributed by atoms with Crippen molar-refractivity contribution < 1.29 is 0 Å². The van der Waals surface area contributed by atoms with Crippen molar-refractivity contribution in [3.63, 3.8) is 0 Å². The Morgan fingerprint density at radius 3 is 2.89 bits per heavy atom. The first-order valence-electron chi connectivity index (χ1n) is 7.32. The molecule has 0 amide bonds. The van der Waals surface area contributed by atoms with Gasteiger partial charge in [-0.2, -0.15) is 0 Å². The quantitative estimate of drug-likeness (QED) is 0.906. The van der Waals surface area contributed by atoms with Crippen LogP contribution >= 0.6 is 11.6 Å². The molecule has 1 aromatic rings. The highest BCUT2D eigenvalue weighted by molar-refractivity contribution is 6.31. The highest BCUT2D eigenvalue weighted by Crippen LogP contribution is 2.21. The van der Waals surface area contributed by atoms with Crippen LogP contribution in [0.1, 0.15) is 37.8 Å². The minimum absolute atomic E-state index is 0.575. The largest absolute Gasteiger partial charge is 0.311 e. The Balaban J connectivity index is 2.03. The van der Waals surface area contributed by atoms with Crippen LogP contribution in [-0.4, -0.2) is 30.1 Å². The molecule has 0 radical (unpaired) electrons. The zero-order chi connectivity index (χ0) is 13.8. The maximum Gasteiger partial charge on any atom is 0.0453 e. The molecule has 0 spiro atoms. The van der Waals surface area contributed by atoms with Crippen LogP contribution < -0.4 is 5.32 Å². The predicted molar refractivity (Wildman–Crippen MR) is 82.8 cm³/mol. The lowest BCUT2D eigenvalue weighted by Crippen LogP contribution is -2.54. The number of benzene rings is 1. The molecule has 1 aliphatic heterocycles. The smallest absolute Gasteiger partial charge is 0.0453 e. The number of nitrogens with one attached hydrogen (secondary N) is 1. The Morgan fingerprint density at radius 1 is 1.42 bits per heavy atom. The van der Waals surface area contributed by atoms with Gasteiger partial charge >= 0.3 is 0 Å². The monoisotopic (exact) mass is 280 g/mol. The van der Waals surface area contributed by atoms with Crippen LogP contribution in [0, 0.1) is 6.92 Å². The Morgan fingerprint density at radius 2 is 2.21 bits per heavy atom. The molecule has 2 atom stereocenters. The SMILES string of the molecule is CCCC1CN(Cc2ccc(C)cc2Cl)C(C)CN1. The summed E-state index contributed by atoms with van der Waals surface area (Å²) in [6.07, 6.45) is 2.50. The molecule has 2 rings (SSSR count). The minimum atomic E-state index is 0.575. The fourth-order valence-electron chi connectivity index (χ4n) is 2.76. The Hall–Kier alpha value is -0.570. The van der Waals surface area contributed by atoms with Crippen molar-refractivity contribution >= 4 is 11.6 Å². The van der Waals surface area contributed by atoms with Crippen LogP contribution in [0.4, 0.5) is 0 Å². The summed E-state index contributed by atoms with van der Waals surface area (Å²) in [6, 6.07) is 7.59. The van der Waals surface area contributed by atoms with Crippen LogP contribution in [0.5, 0.6) is 0 Å². The Kier molecular flexibility index (Phi) is 5.26. The molecule has 1 N–H and O–H groups in total. The zero-order valence-electron chi connectivity index (χ0n) is 12.2. The maximum absolute atomic E-state index is 6.35. The van der Waals surface area contributed by atoms with Crippen molar-refractivity contribution in [1.29, 1.82) is 0 Å². The zero-order valence-corrected chi connectivity index (χ0v) is 13.0. The minimum Gasteiger partial charge on any atom is -0.311 e. The average Bonchev–Trinajstić information content (AvgIpc) is 2.37. The summed E-state index contributed by atoms with van der Waals surface area (Å²) < 4.78 is 0. The van der Waals surface area contributed by atoms with Gasteiger partial charge < -0.3 is 5.32 Å². The van der Waals surface area contributed by atoms with Crippen molar-refractivity contribution in [2.75, 3.05) is 13.1 Å². The molecular weight excluding hydrogens is 256 g/mol. The molecule has 2 unspecified atom stereocenters. The summed E-state index contributed by atoms with van der Waals surface area (Å²) in [6.45, 7) is 9.79. The second-order valence-corrected chi connectivity index (χ2v) is 6.17. The van der Waals surface area contributed by atoms with Crippen molar-refractivity contribution in [3.05, 3.63) is 34.3 Å². The molecule has 0 saturated carbocycles. The van der Waals surface area contributed by atoms with E-state index in [1.807, 2.05) is 0 Å². The molecule has 1 aliphatic rings. The van der Waals surface area contributed by atoms with Crippen molar-refractivity contribution in [3.8, 4) is 0 Å². The number of halogens is 1. The maximum atomic E-state index is 6.35. The second-order valence-electron chi connectivity index (χ2n) is 5.77. The van der Waals surface area contributed by atoms with Gasteiger partial charge in [-0.15, -0.1) is 0 Å².